The van der Waals surface area contributed by atoms with E-state index in [9.17, 15) is 4.79 Å². The van der Waals surface area contributed by atoms with Crippen LogP contribution in [0.4, 0.5) is 0 Å². The summed E-state index contributed by atoms with van der Waals surface area (Å²) in [6, 6.07) is 8.99. The second-order valence-corrected chi connectivity index (χ2v) is 7.58. The van der Waals surface area contributed by atoms with E-state index < -0.39 is 0 Å². The van der Waals surface area contributed by atoms with E-state index in [1.807, 2.05) is 24.0 Å². The van der Waals surface area contributed by atoms with Crippen LogP contribution in [0.1, 0.15) is 47.3 Å². The number of benzene rings is 1. The molecule has 1 aliphatic heterocycles. The Balaban J connectivity index is 1.51. The Bertz CT molecular complexity index is 787. The highest BCUT2D eigenvalue weighted by atomic mass is 16.2. The summed E-state index contributed by atoms with van der Waals surface area (Å²) in [4.78, 5) is 22.3. The Morgan fingerprint density at radius 3 is 2.48 bits per heavy atom. The number of fused-ring (bicyclic) bond motifs is 1. The van der Waals surface area contributed by atoms with Crippen LogP contribution < -0.4 is 0 Å². The first-order chi connectivity index (χ1) is 12.1. The van der Waals surface area contributed by atoms with E-state index in [4.69, 9.17) is 0 Å². The van der Waals surface area contributed by atoms with Crippen molar-refractivity contribution in [3.05, 3.63) is 41.1 Å². The van der Waals surface area contributed by atoms with Gasteiger partial charge in [0.05, 0.1) is 16.8 Å². The van der Waals surface area contributed by atoms with Gasteiger partial charge in [-0.25, -0.2) is 0 Å². The van der Waals surface area contributed by atoms with Crippen molar-refractivity contribution in [2.45, 2.75) is 45.6 Å². The van der Waals surface area contributed by atoms with Crippen molar-refractivity contribution in [2.24, 2.45) is 0 Å². The molecule has 2 aromatic rings. The summed E-state index contributed by atoms with van der Waals surface area (Å²) >= 11 is 0. The van der Waals surface area contributed by atoms with E-state index in [0.29, 0.717) is 0 Å². The molecule has 25 heavy (non-hydrogen) atoms. The minimum atomic E-state index is 0.138. The average Bonchev–Trinajstić information content (AvgIpc) is 3.16. The highest BCUT2D eigenvalue weighted by Crippen LogP contribution is 2.25. The van der Waals surface area contributed by atoms with Gasteiger partial charge in [-0.1, -0.05) is 24.5 Å². The number of hydrogen-bond donors (Lipinski definition) is 0. The molecular weight excluding hydrogens is 310 g/mol. The normalized spacial score (nSPS) is 19.7. The first kappa shape index (κ1) is 16.5. The molecule has 1 aromatic carbocycles. The fourth-order valence-corrected chi connectivity index (χ4v) is 4.34. The van der Waals surface area contributed by atoms with E-state index in [1.54, 1.807) is 0 Å². The van der Waals surface area contributed by atoms with Gasteiger partial charge in [0.2, 0.25) is 0 Å². The van der Waals surface area contributed by atoms with Gasteiger partial charge >= 0.3 is 0 Å². The summed E-state index contributed by atoms with van der Waals surface area (Å²) in [6.07, 6.45) is 5.40. The standard InChI is InChI=1S/C21H27N3O/c1-15-7-8-20-17(13-15)14-19(16(2)22-20)21(25)24-11-9-23(10-12-24)18-5-3-4-6-18/h7-8,13-14,18H,3-6,9-12H2,1-2H3. The average molecular weight is 337 g/mol. The molecule has 0 radical (unpaired) electrons. The summed E-state index contributed by atoms with van der Waals surface area (Å²) in [7, 11) is 0. The molecule has 1 aliphatic carbocycles. The second-order valence-electron chi connectivity index (χ2n) is 7.58. The number of hydrogen-bond acceptors (Lipinski definition) is 3. The van der Waals surface area contributed by atoms with Crippen LogP contribution in [-0.2, 0) is 0 Å². The Morgan fingerprint density at radius 1 is 1.04 bits per heavy atom. The number of carbonyl (C=O) groups is 1. The molecule has 132 valence electrons. The quantitative estimate of drug-likeness (QED) is 0.841. The van der Waals surface area contributed by atoms with Gasteiger partial charge in [-0.2, -0.15) is 0 Å². The number of pyridine rings is 1. The molecule has 2 fully saturated rings. The molecule has 1 amide bonds. The minimum Gasteiger partial charge on any atom is -0.336 e. The van der Waals surface area contributed by atoms with Gasteiger partial charge in [0.15, 0.2) is 0 Å². The highest BCUT2D eigenvalue weighted by molar-refractivity contribution is 5.98. The molecule has 0 atom stereocenters. The summed E-state index contributed by atoms with van der Waals surface area (Å²) in [5.41, 5.74) is 3.75. The predicted octanol–water partition coefficient (Wildman–Crippen LogP) is 3.55. The molecule has 0 bridgehead atoms. The van der Waals surface area contributed by atoms with E-state index in [2.05, 4.69) is 28.9 Å². The summed E-state index contributed by atoms with van der Waals surface area (Å²) in [5.74, 6) is 0.138. The molecule has 0 spiro atoms. The van der Waals surface area contributed by atoms with Crippen molar-refractivity contribution in [1.82, 2.24) is 14.8 Å². The van der Waals surface area contributed by atoms with Crippen molar-refractivity contribution in [3.8, 4) is 0 Å². The number of nitrogens with zero attached hydrogens (tertiary/aromatic N) is 3. The van der Waals surface area contributed by atoms with Gasteiger partial charge in [-0.3, -0.25) is 14.7 Å². The predicted molar refractivity (Wildman–Crippen MR) is 101 cm³/mol. The molecule has 0 N–H and O–H groups in total. The smallest absolute Gasteiger partial charge is 0.255 e. The molecule has 1 saturated heterocycles. The number of aryl methyl sites for hydroxylation is 2. The molecule has 2 aliphatic rings. The third-order valence-corrected chi connectivity index (χ3v) is 5.83. The lowest BCUT2D eigenvalue weighted by Gasteiger charge is -2.38. The van der Waals surface area contributed by atoms with Crippen molar-refractivity contribution in [2.75, 3.05) is 26.2 Å². The topological polar surface area (TPSA) is 36.4 Å². The van der Waals surface area contributed by atoms with Crippen LogP contribution in [0, 0.1) is 13.8 Å². The van der Waals surface area contributed by atoms with Gasteiger partial charge in [0.1, 0.15) is 0 Å². The van der Waals surface area contributed by atoms with Crippen LogP contribution >= 0.6 is 0 Å². The first-order valence-corrected chi connectivity index (χ1v) is 9.53. The van der Waals surface area contributed by atoms with E-state index in [0.717, 1.165) is 54.4 Å². The third-order valence-electron chi connectivity index (χ3n) is 5.83. The number of rotatable bonds is 2. The second kappa shape index (κ2) is 6.75. The monoisotopic (exact) mass is 337 g/mol. The molecular formula is C21H27N3O. The Hall–Kier alpha value is -1.94. The van der Waals surface area contributed by atoms with Crippen LogP contribution in [0.3, 0.4) is 0 Å². The van der Waals surface area contributed by atoms with Crippen LogP contribution in [0.2, 0.25) is 0 Å². The number of aromatic nitrogens is 1. The largest absolute Gasteiger partial charge is 0.336 e. The SMILES string of the molecule is Cc1ccc2nc(C)c(C(=O)N3CCN(C4CCCC4)CC3)cc2c1. The maximum atomic E-state index is 13.0. The Labute approximate surface area is 149 Å². The van der Waals surface area contributed by atoms with Crippen LogP contribution in [-0.4, -0.2) is 52.9 Å². The Morgan fingerprint density at radius 2 is 1.76 bits per heavy atom. The van der Waals surface area contributed by atoms with Crippen molar-refractivity contribution in [1.29, 1.82) is 0 Å². The fourth-order valence-electron chi connectivity index (χ4n) is 4.34. The summed E-state index contributed by atoms with van der Waals surface area (Å²) in [6.45, 7) is 7.71. The zero-order valence-electron chi connectivity index (χ0n) is 15.3. The van der Waals surface area contributed by atoms with Gasteiger partial charge < -0.3 is 4.90 Å². The summed E-state index contributed by atoms with van der Waals surface area (Å²) in [5, 5.41) is 1.05. The Kier molecular flexibility index (Phi) is 4.46. The highest BCUT2D eigenvalue weighted by Gasteiger charge is 2.28. The number of carbonyl (C=O) groups excluding carboxylic acids is 1. The van der Waals surface area contributed by atoms with Crippen molar-refractivity contribution in [3.63, 3.8) is 0 Å². The van der Waals surface area contributed by atoms with E-state index in [-0.39, 0.29) is 5.91 Å². The first-order valence-electron chi connectivity index (χ1n) is 9.53. The maximum absolute atomic E-state index is 13.0. The fraction of sp³-hybridized carbons (Fsp3) is 0.524. The van der Waals surface area contributed by atoms with Crippen molar-refractivity contribution >= 4 is 16.8 Å². The number of piperazine rings is 1. The van der Waals surface area contributed by atoms with Gasteiger partial charge in [0, 0.05) is 37.6 Å². The molecule has 4 heteroatoms. The molecule has 0 unspecified atom stereocenters. The van der Waals surface area contributed by atoms with Gasteiger partial charge in [0.25, 0.3) is 5.91 Å². The lowest BCUT2D eigenvalue weighted by molar-refractivity contribution is 0.0572. The molecule has 1 aromatic heterocycles. The summed E-state index contributed by atoms with van der Waals surface area (Å²) < 4.78 is 0. The lowest BCUT2D eigenvalue weighted by atomic mass is 10.1. The van der Waals surface area contributed by atoms with Gasteiger partial charge in [-0.15, -0.1) is 0 Å². The minimum absolute atomic E-state index is 0.138. The maximum Gasteiger partial charge on any atom is 0.255 e. The molecule has 1 saturated carbocycles. The lowest BCUT2D eigenvalue weighted by Crippen LogP contribution is -2.51. The third kappa shape index (κ3) is 3.28. The molecule has 2 heterocycles. The van der Waals surface area contributed by atoms with E-state index >= 15 is 0 Å². The van der Waals surface area contributed by atoms with Crippen molar-refractivity contribution < 1.29 is 4.79 Å². The van der Waals surface area contributed by atoms with Crippen LogP contribution in [0.25, 0.3) is 10.9 Å². The molecule has 4 nitrogen and oxygen atoms in total. The van der Waals surface area contributed by atoms with Crippen LogP contribution in [0.15, 0.2) is 24.3 Å². The zero-order valence-corrected chi connectivity index (χ0v) is 15.3. The molecule has 4 rings (SSSR count). The van der Waals surface area contributed by atoms with Gasteiger partial charge in [-0.05, 0) is 44.9 Å². The number of amides is 1. The van der Waals surface area contributed by atoms with E-state index in [1.165, 1.54) is 31.2 Å². The van der Waals surface area contributed by atoms with Crippen LogP contribution in [0.5, 0.6) is 0 Å². The zero-order chi connectivity index (χ0) is 17.4.